The molecule has 1 aromatic rings. The number of para-hydroxylation sites is 1. The molecule has 4 heteroatoms. The highest BCUT2D eigenvalue weighted by Gasteiger charge is 2.40. The fourth-order valence-electron chi connectivity index (χ4n) is 4.60. The Bertz CT molecular complexity index is 648. The summed E-state index contributed by atoms with van der Waals surface area (Å²) in [4.78, 5) is 29.9. The van der Waals surface area contributed by atoms with Gasteiger partial charge in [0.15, 0.2) is 0 Å². The van der Waals surface area contributed by atoms with Crippen molar-refractivity contribution < 1.29 is 9.59 Å². The zero-order valence-electron chi connectivity index (χ0n) is 16.5. The second-order valence-electron chi connectivity index (χ2n) is 7.63. The third-order valence-corrected chi connectivity index (χ3v) is 6.09. The van der Waals surface area contributed by atoms with Crippen molar-refractivity contribution in [2.24, 2.45) is 5.92 Å². The first-order valence-electron chi connectivity index (χ1n) is 10.3. The van der Waals surface area contributed by atoms with E-state index >= 15 is 0 Å². The highest BCUT2D eigenvalue weighted by molar-refractivity contribution is 6.01. The maximum atomic E-state index is 13.1. The molecule has 0 saturated carbocycles. The molecule has 0 bridgehead atoms. The molecule has 2 atom stereocenters. The van der Waals surface area contributed by atoms with Crippen molar-refractivity contribution in [3.63, 3.8) is 0 Å². The predicted octanol–water partition coefficient (Wildman–Crippen LogP) is 3.96. The molecule has 0 N–H and O–H groups in total. The molecule has 0 aromatic heterocycles. The highest BCUT2D eigenvalue weighted by atomic mass is 16.2. The van der Waals surface area contributed by atoms with Crippen LogP contribution in [-0.2, 0) is 22.4 Å². The minimum atomic E-state index is -0.190. The van der Waals surface area contributed by atoms with Crippen LogP contribution in [0.4, 0.5) is 5.69 Å². The number of hydrogen-bond donors (Lipinski definition) is 0. The summed E-state index contributed by atoms with van der Waals surface area (Å²) < 4.78 is 0. The summed E-state index contributed by atoms with van der Waals surface area (Å²) in [5.74, 6) is 0.104. The summed E-state index contributed by atoms with van der Waals surface area (Å²) >= 11 is 0. The van der Waals surface area contributed by atoms with Crippen LogP contribution in [0.2, 0.25) is 0 Å². The van der Waals surface area contributed by atoms with Gasteiger partial charge in [0.2, 0.25) is 11.8 Å². The number of benzene rings is 1. The molecule has 0 aliphatic carbocycles. The van der Waals surface area contributed by atoms with Crippen molar-refractivity contribution in [3.05, 3.63) is 29.3 Å². The normalized spacial score (nSPS) is 23.6. The summed E-state index contributed by atoms with van der Waals surface area (Å²) in [6.07, 6.45) is 6.56. The number of likely N-dealkylation sites (tertiary alicyclic amines) is 1. The number of nitrogens with zero attached hydrogens (tertiary/aromatic N) is 2. The van der Waals surface area contributed by atoms with Crippen molar-refractivity contribution >= 4 is 17.5 Å². The molecule has 2 aliphatic rings. The van der Waals surface area contributed by atoms with E-state index in [-0.39, 0.29) is 17.7 Å². The van der Waals surface area contributed by atoms with Crippen molar-refractivity contribution in [2.45, 2.75) is 71.8 Å². The van der Waals surface area contributed by atoms with E-state index < -0.39 is 0 Å². The predicted molar refractivity (Wildman–Crippen MR) is 105 cm³/mol. The van der Waals surface area contributed by atoms with E-state index in [0.29, 0.717) is 19.0 Å². The average Bonchev–Trinajstić information content (AvgIpc) is 3.07. The Morgan fingerprint density at radius 1 is 1.12 bits per heavy atom. The largest absolute Gasteiger partial charge is 0.339 e. The molecule has 142 valence electrons. The second-order valence-corrected chi connectivity index (χ2v) is 7.63. The molecular formula is C22H32N2O2. The van der Waals surface area contributed by atoms with Crippen LogP contribution in [0.15, 0.2) is 18.2 Å². The van der Waals surface area contributed by atoms with Crippen LogP contribution in [0.25, 0.3) is 0 Å². The summed E-state index contributed by atoms with van der Waals surface area (Å²) in [6.45, 7) is 7.80. The number of rotatable bonds is 5. The van der Waals surface area contributed by atoms with Crippen LogP contribution in [-0.4, -0.2) is 35.8 Å². The van der Waals surface area contributed by atoms with Crippen LogP contribution in [0.1, 0.15) is 64.0 Å². The van der Waals surface area contributed by atoms with Crippen molar-refractivity contribution in [1.29, 1.82) is 0 Å². The third-order valence-electron chi connectivity index (χ3n) is 6.09. The Balaban J connectivity index is 1.82. The molecule has 4 nitrogen and oxygen atoms in total. The van der Waals surface area contributed by atoms with E-state index in [4.69, 9.17) is 0 Å². The number of amides is 2. The van der Waals surface area contributed by atoms with Gasteiger partial charge in [-0.1, -0.05) is 39.0 Å². The van der Waals surface area contributed by atoms with Crippen LogP contribution < -0.4 is 4.90 Å². The number of hydrogen-bond acceptors (Lipinski definition) is 2. The third kappa shape index (κ3) is 3.51. The Hall–Kier alpha value is -1.84. The van der Waals surface area contributed by atoms with Gasteiger partial charge in [0.25, 0.3) is 0 Å². The minimum Gasteiger partial charge on any atom is -0.339 e. The SMILES string of the molecule is CCc1cccc(CC)c1N1CC(C(=O)N2CCCCC2CC)CC1=O. The number of carbonyl (C=O) groups is 2. The lowest BCUT2D eigenvalue weighted by atomic mass is 9.97. The molecule has 2 saturated heterocycles. The standard InChI is InChI=1S/C22H32N2O2/c1-4-16-10-9-11-17(5-2)21(16)24-15-18(14-20(24)25)22(26)23-13-8-7-12-19(23)6-3/h9-11,18-19H,4-8,12-15H2,1-3H3. The lowest BCUT2D eigenvalue weighted by molar-refractivity contribution is -0.139. The highest BCUT2D eigenvalue weighted by Crippen LogP contribution is 2.34. The quantitative estimate of drug-likeness (QED) is 0.801. The fraction of sp³-hybridized carbons (Fsp3) is 0.636. The monoisotopic (exact) mass is 356 g/mol. The van der Waals surface area contributed by atoms with Gasteiger partial charge < -0.3 is 9.80 Å². The van der Waals surface area contributed by atoms with Gasteiger partial charge in [-0.3, -0.25) is 9.59 Å². The van der Waals surface area contributed by atoms with E-state index in [1.54, 1.807) is 0 Å². The Morgan fingerprint density at radius 3 is 2.42 bits per heavy atom. The zero-order valence-corrected chi connectivity index (χ0v) is 16.5. The molecule has 0 spiro atoms. The van der Waals surface area contributed by atoms with Gasteiger partial charge in [-0.25, -0.2) is 0 Å². The van der Waals surface area contributed by atoms with Crippen LogP contribution >= 0.6 is 0 Å². The lowest BCUT2D eigenvalue weighted by Gasteiger charge is -2.36. The minimum absolute atomic E-state index is 0.101. The Morgan fingerprint density at radius 2 is 1.81 bits per heavy atom. The Labute approximate surface area is 157 Å². The van der Waals surface area contributed by atoms with Crippen molar-refractivity contribution in [1.82, 2.24) is 4.90 Å². The average molecular weight is 357 g/mol. The molecule has 2 amide bonds. The van der Waals surface area contributed by atoms with Gasteiger partial charge in [0.1, 0.15) is 0 Å². The van der Waals surface area contributed by atoms with E-state index in [1.165, 1.54) is 17.5 Å². The summed E-state index contributed by atoms with van der Waals surface area (Å²) in [6, 6.07) is 6.64. The lowest BCUT2D eigenvalue weighted by Crippen LogP contribution is -2.46. The smallest absolute Gasteiger partial charge is 0.228 e. The van der Waals surface area contributed by atoms with E-state index in [2.05, 4.69) is 43.9 Å². The van der Waals surface area contributed by atoms with Crippen LogP contribution in [0.5, 0.6) is 0 Å². The van der Waals surface area contributed by atoms with Gasteiger partial charge in [0.05, 0.1) is 5.92 Å². The summed E-state index contributed by atoms with van der Waals surface area (Å²) in [5.41, 5.74) is 3.47. The van der Waals surface area contributed by atoms with Gasteiger partial charge in [-0.15, -0.1) is 0 Å². The zero-order chi connectivity index (χ0) is 18.7. The molecule has 1 aromatic carbocycles. The summed E-state index contributed by atoms with van der Waals surface area (Å²) in [5, 5.41) is 0. The second kappa shape index (κ2) is 8.24. The van der Waals surface area contributed by atoms with E-state index in [1.807, 2.05) is 4.90 Å². The number of carbonyl (C=O) groups excluding carboxylic acids is 2. The van der Waals surface area contributed by atoms with E-state index in [0.717, 1.165) is 44.3 Å². The molecule has 2 fully saturated rings. The molecule has 2 unspecified atom stereocenters. The molecular weight excluding hydrogens is 324 g/mol. The number of aryl methyl sites for hydroxylation is 2. The molecule has 26 heavy (non-hydrogen) atoms. The number of piperidine rings is 1. The fourth-order valence-corrected chi connectivity index (χ4v) is 4.60. The van der Waals surface area contributed by atoms with Gasteiger partial charge in [-0.2, -0.15) is 0 Å². The van der Waals surface area contributed by atoms with Gasteiger partial charge >= 0.3 is 0 Å². The topological polar surface area (TPSA) is 40.6 Å². The van der Waals surface area contributed by atoms with Gasteiger partial charge in [0, 0.05) is 31.2 Å². The molecule has 3 rings (SSSR count). The molecule has 0 radical (unpaired) electrons. The van der Waals surface area contributed by atoms with Crippen molar-refractivity contribution in [3.8, 4) is 0 Å². The van der Waals surface area contributed by atoms with E-state index in [9.17, 15) is 9.59 Å². The van der Waals surface area contributed by atoms with Gasteiger partial charge in [-0.05, 0) is 49.7 Å². The van der Waals surface area contributed by atoms with Crippen LogP contribution in [0, 0.1) is 5.92 Å². The first-order chi connectivity index (χ1) is 12.6. The van der Waals surface area contributed by atoms with Crippen LogP contribution in [0.3, 0.4) is 0 Å². The molecule has 2 heterocycles. The number of anilines is 1. The first-order valence-corrected chi connectivity index (χ1v) is 10.3. The Kier molecular flexibility index (Phi) is 6.00. The first kappa shape index (κ1) is 18.9. The van der Waals surface area contributed by atoms with Crippen molar-refractivity contribution in [2.75, 3.05) is 18.0 Å². The maximum absolute atomic E-state index is 13.1. The molecule has 2 aliphatic heterocycles. The summed E-state index contributed by atoms with van der Waals surface area (Å²) in [7, 11) is 0. The maximum Gasteiger partial charge on any atom is 0.228 e.